The maximum absolute atomic E-state index is 5.07. The van der Waals surface area contributed by atoms with Crippen molar-refractivity contribution >= 4 is 11.6 Å². The molecule has 0 atom stereocenters. The van der Waals surface area contributed by atoms with Crippen molar-refractivity contribution in [2.45, 2.75) is 26.3 Å². The third kappa shape index (κ3) is 3.83. The first kappa shape index (κ1) is 13.6. The molecule has 1 N–H and O–H groups in total. The largest absolute Gasteiger partial charge is 0.385 e. The summed E-state index contributed by atoms with van der Waals surface area (Å²) in [6, 6.07) is 8.46. The molecule has 19 heavy (non-hydrogen) atoms. The molecule has 0 aliphatic heterocycles. The zero-order valence-electron chi connectivity index (χ0n) is 11.6. The van der Waals surface area contributed by atoms with Crippen molar-refractivity contribution in [3.05, 3.63) is 42.2 Å². The van der Waals surface area contributed by atoms with E-state index in [4.69, 9.17) is 4.74 Å². The number of nitrogens with zero attached hydrogens (tertiary/aromatic N) is 2. The molecule has 0 aliphatic rings. The zero-order chi connectivity index (χ0) is 13.5. The smallest absolute Gasteiger partial charge is 0.207 e. The van der Waals surface area contributed by atoms with Gasteiger partial charge in [-0.3, -0.25) is 0 Å². The van der Waals surface area contributed by atoms with Gasteiger partial charge in [-0.15, -0.1) is 0 Å². The van der Waals surface area contributed by atoms with Gasteiger partial charge in [0.05, 0.1) is 0 Å². The molecule has 1 heterocycles. The average Bonchev–Trinajstić information content (AvgIpc) is 2.87. The normalized spacial score (nSPS) is 10.6. The van der Waals surface area contributed by atoms with Crippen molar-refractivity contribution in [2.75, 3.05) is 19.0 Å². The van der Waals surface area contributed by atoms with Crippen LogP contribution in [0.3, 0.4) is 0 Å². The molecular weight excluding hydrogens is 238 g/mol. The molecule has 1 aromatic heterocycles. The second kappa shape index (κ2) is 6.95. The molecule has 4 nitrogen and oxygen atoms in total. The summed E-state index contributed by atoms with van der Waals surface area (Å²) < 4.78 is 7.17. The zero-order valence-corrected chi connectivity index (χ0v) is 11.6. The molecule has 2 rings (SSSR count). The highest BCUT2D eigenvalue weighted by molar-refractivity contribution is 5.54. The first-order valence-corrected chi connectivity index (χ1v) is 6.69. The fourth-order valence-electron chi connectivity index (χ4n) is 1.95. The number of rotatable bonds is 7. The van der Waals surface area contributed by atoms with Gasteiger partial charge in [-0.2, -0.15) is 0 Å². The van der Waals surface area contributed by atoms with Crippen LogP contribution in [-0.2, 0) is 17.7 Å². The summed E-state index contributed by atoms with van der Waals surface area (Å²) in [5, 5.41) is 3.34. The number of aromatic nitrogens is 2. The number of benzene rings is 1. The minimum absolute atomic E-state index is 0.767. The van der Waals surface area contributed by atoms with Crippen LogP contribution in [0.1, 0.15) is 18.9 Å². The Morgan fingerprint density at radius 1 is 1.26 bits per heavy atom. The van der Waals surface area contributed by atoms with Crippen LogP contribution >= 0.6 is 0 Å². The lowest BCUT2D eigenvalue weighted by Crippen LogP contribution is -2.05. The number of hydrogen-bond acceptors (Lipinski definition) is 3. The Hall–Kier alpha value is -1.81. The van der Waals surface area contributed by atoms with E-state index in [1.54, 1.807) is 7.11 Å². The Morgan fingerprint density at radius 3 is 2.74 bits per heavy atom. The summed E-state index contributed by atoms with van der Waals surface area (Å²) >= 11 is 0. The predicted molar refractivity (Wildman–Crippen MR) is 77.8 cm³/mol. The van der Waals surface area contributed by atoms with Gasteiger partial charge in [0.1, 0.15) is 0 Å². The van der Waals surface area contributed by atoms with Crippen LogP contribution in [0.2, 0.25) is 0 Å². The number of nitrogens with one attached hydrogen (secondary N) is 1. The van der Waals surface area contributed by atoms with E-state index in [2.05, 4.69) is 46.1 Å². The van der Waals surface area contributed by atoms with Crippen LogP contribution in [-0.4, -0.2) is 23.3 Å². The second-order valence-corrected chi connectivity index (χ2v) is 4.47. The van der Waals surface area contributed by atoms with E-state index in [1.807, 2.05) is 12.4 Å². The number of hydrogen-bond donors (Lipinski definition) is 1. The van der Waals surface area contributed by atoms with Gasteiger partial charge < -0.3 is 14.6 Å². The van der Waals surface area contributed by atoms with Gasteiger partial charge in [0.25, 0.3) is 0 Å². The average molecular weight is 259 g/mol. The highest BCUT2D eigenvalue weighted by Crippen LogP contribution is 2.16. The topological polar surface area (TPSA) is 39.1 Å². The van der Waals surface area contributed by atoms with Gasteiger partial charge in [0.2, 0.25) is 5.95 Å². The van der Waals surface area contributed by atoms with Crippen molar-refractivity contribution in [3.63, 3.8) is 0 Å². The third-order valence-corrected chi connectivity index (χ3v) is 3.08. The monoisotopic (exact) mass is 259 g/mol. The SMILES string of the molecule is CCc1ccc(Nc2nccn2CCCOC)cc1. The minimum atomic E-state index is 0.767. The molecule has 0 amide bonds. The van der Waals surface area contributed by atoms with Crippen LogP contribution in [0.15, 0.2) is 36.7 Å². The molecule has 0 fully saturated rings. The second-order valence-electron chi connectivity index (χ2n) is 4.47. The summed E-state index contributed by atoms with van der Waals surface area (Å²) in [6.07, 6.45) is 5.84. The van der Waals surface area contributed by atoms with Gasteiger partial charge in [-0.05, 0) is 30.5 Å². The lowest BCUT2D eigenvalue weighted by Gasteiger charge is -2.10. The fourth-order valence-corrected chi connectivity index (χ4v) is 1.95. The molecule has 0 radical (unpaired) electrons. The van der Waals surface area contributed by atoms with Gasteiger partial charge in [0.15, 0.2) is 0 Å². The quantitative estimate of drug-likeness (QED) is 0.776. The maximum Gasteiger partial charge on any atom is 0.207 e. The van der Waals surface area contributed by atoms with Crippen LogP contribution in [0.5, 0.6) is 0 Å². The summed E-state index contributed by atoms with van der Waals surface area (Å²) in [6.45, 7) is 3.83. The van der Waals surface area contributed by atoms with Crippen molar-refractivity contribution in [1.29, 1.82) is 0 Å². The lowest BCUT2D eigenvalue weighted by atomic mass is 10.1. The van der Waals surface area contributed by atoms with Crippen LogP contribution in [0.4, 0.5) is 11.6 Å². The Morgan fingerprint density at radius 2 is 2.05 bits per heavy atom. The van der Waals surface area contributed by atoms with Crippen molar-refractivity contribution < 1.29 is 4.74 Å². The Labute approximate surface area is 114 Å². The summed E-state index contributed by atoms with van der Waals surface area (Å²) in [4.78, 5) is 4.34. The van der Waals surface area contributed by atoms with Crippen LogP contribution in [0, 0.1) is 0 Å². The molecule has 2 aromatic rings. The predicted octanol–water partition coefficient (Wildman–Crippen LogP) is 3.23. The van der Waals surface area contributed by atoms with Gasteiger partial charge in [0, 0.05) is 38.3 Å². The van der Waals surface area contributed by atoms with Crippen LogP contribution < -0.4 is 5.32 Å². The number of aryl methyl sites for hydroxylation is 2. The van der Waals surface area contributed by atoms with Gasteiger partial charge in [-0.1, -0.05) is 19.1 Å². The first-order valence-electron chi connectivity index (χ1n) is 6.69. The molecule has 0 saturated carbocycles. The maximum atomic E-state index is 5.07. The van der Waals surface area contributed by atoms with E-state index in [-0.39, 0.29) is 0 Å². The fraction of sp³-hybridized carbons (Fsp3) is 0.400. The van der Waals surface area contributed by atoms with Gasteiger partial charge >= 0.3 is 0 Å². The molecule has 102 valence electrons. The molecular formula is C15H21N3O. The van der Waals surface area contributed by atoms with E-state index >= 15 is 0 Å². The first-order chi connectivity index (χ1) is 9.33. The lowest BCUT2D eigenvalue weighted by molar-refractivity contribution is 0.190. The van der Waals surface area contributed by atoms with Crippen molar-refractivity contribution in [3.8, 4) is 0 Å². The highest BCUT2D eigenvalue weighted by atomic mass is 16.5. The number of anilines is 2. The van der Waals surface area contributed by atoms with E-state index in [1.165, 1.54) is 5.56 Å². The van der Waals surface area contributed by atoms with Crippen molar-refractivity contribution in [1.82, 2.24) is 9.55 Å². The highest BCUT2D eigenvalue weighted by Gasteiger charge is 2.02. The summed E-state index contributed by atoms with van der Waals surface area (Å²) in [7, 11) is 1.72. The minimum Gasteiger partial charge on any atom is -0.385 e. The van der Waals surface area contributed by atoms with Gasteiger partial charge in [-0.25, -0.2) is 4.98 Å². The third-order valence-electron chi connectivity index (χ3n) is 3.08. The van der Waals surface area contributed by atoms with E-state index in [0.717, 1.165) is 37.6 Å². The molecule has 1 aromatic carbocycles. The van der Waals surface area contributed by atoms with E-state index in [9.17, 15) is 0 Å². The Balaban J connectivity index is 1.99. The number of methoxy groups -OCH3 is 1. The Kier molecular flexibility index (Phi) is 4.98. The standard InChI is InChI=1S/C15H21N3O/c1-3-13-5-7-14(8-6-13)17-15-16-9-11-18(15)10-4-12-19-2/h5-9,11H,3-4,10,12H2,1-2H3,(H,16,17). The number of ether oxygens (including phenoxy) is 1. The van der Waals surface area contributed by atoms with Crippen molar-refractivity contribution in [2.24, 2.45) is 0 Å². The Bertz CT molecular complexity index is 490. The molecule has 0 bridgehead atoms. The molecule has 4 heteroatoms. The van der Waals surface area contributed by atoms with Crippen LogP contribution in [0.25, 0.3) is 0 Å². The molecule has 0 spiro atoms. The molecule has 0 unspecified atom stereocenters. The van der Waals surface area contributed by atoms with E-state index in [0.29, 0.717) is 0 Å². The number of imidazole rings is 1. The molecule has 0 aliphatic carbocycles. The molecule has 0 saturated heterocycles. The summed E-state index contributed by atoms with van der Waals surface area (Å²) in [5.74, 6) is 0.875. The summed E-state index contributed by atoms with van der Waals surface area (Å²) in [5.41, 5.74) is 2.41. The van der Waals surface area contributed by atoms with E-state index < -0.39 is 0 Å².